The first-order chi connectivity index (χ1) is 9.50. The first-order valence-corrected chi connectivity index (χ1v) is 8.39. The van der Waals surface area contributed by atoms with Crippen LogP contribution in [0.25, 0.3) is 10.2 Å². The Kier molecular flexibility index (Phi) is 3.44. The lowest BCUT2D eigenvalue weighted by atomic mass is 9.95. The molecule has 3 nitrogen and oxygen atoms in total. The lowest BCUT2D eigenvalue weighted by Crippen LogP contribution is -2.17. The number of hydrogen-bond acceptors (Lipinski definition) is 4. The summed E-state index contributed by atoms with van der Waals surface area (Å²) in [5, 5.41) is 4.82. The molecule has 0 radical (unpaired) electrons. The molecule has 0 fully saturated rings. The maximum atomic E-state index is 4.85. The molecule has 20 heavy (non-hydrogen) atoms. The van der Waals surface area contributed by atoms with Crippen molar-refractivity contribution in [2.45, 2.75) is 58.8 Å². The molecular formula is C16H23N3S. The van der Waals surface area contributed by atoms with Crippen LogP contribution in [0.3, 0.4) is 0 Å². The zero-order valence-corrected chi connectivity index (χ0v) is 13.7. The van der Waals surface area contributed by atoms with E-state index >= 15 is 0 Å². The van der Waals surface area contributed by atoms with Gasteiger partial charge in [-0.15, -0.1) is 11.3 Å². The van der Waals surface area contributed by atoms with Gasteiger partial charge in [0, 0.05) is 16.8 Å². The number of rotatable bonds is 3. The van der Waals surface area contributed by atoms with Gasteiger partial charge < -0.3 is 5.32 Å². The fraction of sp³-hybridized carbons (Fsp3) is 0.625. The Labute approximate surface area is 124 Å². The van der Waals surface area contributed by atoms with Crippen molar-refractivity contribution in [1.82, 2.24) is 9.97 Å². The summed E-state index contributed by atoms with van der Waals surface area (Å²) in [5.74, 6) is 2.00. The topological polar surface area (TPSA) is 37.8 Å². The number of anilines is 1. The molecule has 0 unspecified atom stereocenters. The van der Waals surface area contributed by atoms with Crippen molar-refractivity contribution in [2.24, 2.45) is 0 Å². The molecule has 2 aromatic heterocycles. The lowest BCUT2D eigenvalue weighted by Gasteiger charge is -2.18. The van der Waals surface area contributed by atoms with E-state index in [1.165, 1.54) is 39.9 Å². The van der Waals surface area contributed by atoms with Crippen LogP contribution >= 0.6 is 11.3 Å². The van der Waals surface area contributed by atoms with Gasteiger partial charge in [-0.2, -0.15) is 0 Å². The first-order valence-electron chi connectivity index (χ1n) is 7.57. The summed E-state index contributed by atoms with van der Waals surface area (Å²) in [7, 11) is 0. The van der Waals surface area contributed by atoms with E-state index in [0.29, 0.717) is 0 Å². The highest BCUT2D eigenvalue weighted by Crippen LogP contribution is 2.40. The zero-order chi connectivity index (χ0) is 14.3. The summed E-state index contributed by atoms with van der Waals surface area (Å²) in [6, 6.07) is 0. The highest BCUT2D eigenvalue weighted by atomic mass is 32.1. The van der Waals surface area contributed by atoms with Crippen molar-refractivity contribution >= 4 is 27.4 Å². The van der Waals surface area contributed by atoms with Crippen molar-refractivity contribution in [2.75, 3.05) is 11.9 Å². The van der Waals surface area contributed by atoms with E-state index in [1.807, 2.05) is 11.3 Å². The Morgan fingerprint density at radius 2 is 2.00 bits per heavy atom. The standard InChI is InChI=1S/C16H23N3S/c1-5-9-17-13-12-10-7-6-8-11(10)20-14(12)19-15(18-13)16(2,3)4/h5-9H2,1-4H3,(H,17,18,19). The molecule has 4 heteroatoms. The number of hydrogen-bond donors (Lipinski definition) is 1. The molecule has 0 saturated carbocycles. The van der Waals surface area contributed by atoms with Gasteiger partial charge in [0.05, 0.1) is 5.39 Å². The van der Waals surface area contributed by atoms with Crippen LogP contribution in [0.1, 0.15) is 56.8 Å². The molecule has 3 rings (SSSR count). The summed E-state index contributed by atoms with van der Waals surface area (Å²) in [5.41, 5.74) is 1.50. The van der Waals surface area contributed by atoms with E-state index in [-0.39, 0.29) is 5.41 Å². The third-order valence-corrected chi connectivity index (χ3v) is 4.96. The van der Waals surface area contributed by atoms with E-state index in [2.05, 4.69) is 33.0 Å². The molecule has 2 heterocycles. The first kappa shape index (κ1) is 13.8. The van der Waals surface area contributed by atoms with Gasteiger partial charge in [0.1, 0.15) is 16.5 Å². The van der Waals surface area contributed by atoms with E-state index in [1.54, 1.807) is 0 Å². The van der Waals surface area contributed by atoms with Crippen LogP contribution in [0.15, 0.2) is 0 Å². The van der Waals surface area contributed by atoms with Crippen LogP contribution in [0.2, 0.25) is 0 Å². The third kappa shape index (κ3) is 2.30. The van der Waals surface area contributed by atoms with Crippen molar-refractivity contribution in [3.63, 3.8) is 0 Å². The van der Waals surface area contributed by atoms with Crippen LogP contribution in [-0.2, 0) is 18.3 Å². The van der Waals surface area contributed by atoms with E-state index in [0.717, 1.165) is 24.6 Å². The molecule has 0 aliphatic heterocycles. The Bertz CT molecular complexity index is 637. The highest BCUT2D eigenvalue weighted by molar-refractivity contribution is 7.19. The molecule has 108 valence electrons. The molecule has 2 aromatic rings. The van der Waals surface area contributed by atoms with Crippen LogP contribution in [0, 0.1) is 0 Å². The molecule has 0 spiro atoms. The second-order valence-corrected chi connectivity index (χ2v) is 7.69. The summed E-state index contributed by atoms with van der Waals surface area (Å²) < 4.78 is 0. The smallest absolute Gasteiger partial charge is 0.138 e. The number of fused-ring (bicyclic) bond motifs is 3. The summed E-state index contributed by atoms with van der Waals surface area (Å²) >= 11 is 1.87. The van der Waals surface area contributed by atoms with Gasteiger partial charge in [-0.25, -0.2) is 9.97 Å². The Hall–Kier alpha value is -1.16. The molecule has 0 aromatic carbocycles. The number of aryl methyl sites for hydroxylation is 2. The highest BCUT2D eigenvalue weighted by Gasteiger charge is 2.25. The molecule has 1 aliphatic carbocycles. The average molecular weight is 289 g/mol. The number of aromatic nitrogens is 2. The summed E-state index contributed by atoms with van der Waals surface area (Å²) in [6.07, 6.45) is 4.80. The molecular weight excluding hydrogens is 266 g/mol. The van der Waals surface area contributed by atoms with Gasteiger partial charge in [-0.3, -0.25) is 0 Å². The largest absolute Gasteiger partial charge is 0.369 e. The van der Waals surface area contributed by atoms with Crippen molar-refractivity contribution in [3.8, 4) is 0 Å². The van der Waals surface area contributed by atoms with Gasteiger partial charge in [-0.1, -0.05) is 27.7 Å². The van der Waals surface area contributed by atoms with Gasteiger partial charge >= 0.3 is 0 Å². The number of nitrogens with one attached hydrogen (secondary N) is 1. The maximum Gasteiger partial charge on any atom is 0.138 e. The lowest BCUT2D eigenvalue weighted by molar-refractivity contribution is 0.549. The molecule has 1 aliphatic rings. The van der Waals surface area contributed by atoms with Gasteiger partial charge in [0.25, 0.3) is 0 Å². The molecule has 0 bridgehead atoms. The Morgan fingerprint density at radius 1 is 1.20 bits per heavy atom. The summed E-state index contributed by atoms with van der Waals surface area (Å²) in [4.78, 5) is 12.4. The van der Waals surface area contributed by atoms with Gasteiger partial charge in [0.15, 0.2) is 0 Å². The monoisotopic (exact) mass is 289 g/mol. The fourth-order valence-corrected chi connectivity index (χ4v) is 3.96. The van der Waals surface area contributed by atoms with Gasteiger partial charge in [0.2, 0.25) is 0 Å². The summed E-state index contributed by atoms with van der Waals surface area (Å²) in [6.45, 7) is 9.70. The fourth-order valence-electron chi connectivity index (χ4n) is 2.70. The normalized spacial score (nSPS) is 14.8. The van der Waals surface area contributed by atoms with Crippen molar-refractivity contribution in [1.29, 1.82) is 0 Å². The number of nitrogens with zero attached hydrogens (tertiary/aromatic N) is 2. The molecule has 0 atom stereocenters. The van der Waals surface area contributed by atoms with Crippen LogP contribution in [0.5, 0.6) is 0 Å². The van der Waals surface area contributed by atoms with E-state index in [9.17, 15) is 0 Å². The van der Waals surface area contributed by atoms with Crippen LogP contribution in [-0.4, -0.2) is 16.5 Å². The number of thiophene rings is 1. The predicted molar refractivity (Wildman–Crippen MR) is 86.9 cm³/mol. The zero-order valence-electron chi connectivity index (χ0n) is 12.8. The molecule has 0 saturated heterocycles. The minimum absolute atomic E-state index is 0.00866. The predicted octanol–water partition coefficient (Wildman–Crippen LogP) is 4.30. The second kappa shape index (κ2) is 4.99. The average Bonchev–Trinajstić information content (AvgIpc) is 2.94. The van der Waals surface area contributed by atoms with Crippen molar-refractivity contribution < 1.29 is 0 Å². The second-order valence-electron chi connectivity index (χ2n) is 6.61. The van der Waals surface area contributed by atoms with E-state index in [4.69, 9.17) is 9.97 Å². The maximum absolute atomic E-state index is 4.85. The minimum atomic E-state index is -0.00866. The van der Waals surface area contributed by atoms with Crippen LogP contribution < -0.4 is 5.32 Å². The van der Waals surface area contributed by atoms with Crippen LogP contribution in [0.4, 0.5) is 5.82 Å². The Balaban J connectivity index is 2.19. The minimum Gasteiger partial charge on any atom is -0.369 e. The molecule has 0 amide bonds. The third-order valence-electron chi connectivity index (χ3n) is 3.78. The quantitative estimate of drug-likeness (QED) is 0.915. The van der Waals surface area contributed by atoms with Crippen molar-refractivity contribution in [3.05, 3.63) is 16.3 Å². The molecule has 1 N–H and O–H groups in total. The Morgan fingerprint density at radius 3 is 2.70 bits per heavy atom. The SMILES string of the molecule is CCCNc1nc(C(C)(C)C)nc2sc3c(c12)CCC3. The van der Waals surface area contributed by atoms with E-state index < -0.39 is 0 Å². The van der Waals surface area contributed by atoms with Gasteiger partial charge in [-0.05, 0) is 31.2 Å².